The van der Waals surface area contributed by atoms with Gasteiger partial charge in [-0.3, -0.25) is 9.89 Å². The van der Waals surface area contributed by atoms with Gasteiger partial charge in [-0.2, -0.15) is 0 Å². The van der Waals surface area contributed by atoms with Crippen molar-refractivity contribution in [2.75, 3.05) is 26.4 Å². The smallest absolute Gasteiger partial charge is 0.101 e. The molecule has 0 aromatic rings. The highest BCUT2D eigenvalue weighted by Gasteiger charge is 2.36. The molecule has 0 saturated carbocycles. The summed E-state index contributed by atoms with van der Waals surface area (Å²) in [4.78, 5) is 9.56. The van der Waals surface area contributed by atoms with Crippen molar-refractivity contribution >= 4 is 5.84 Å². The van der Waals surface area contributed by atoms with Crippen molar-refractivity contribution in [3.63, 3.8) is 0 Å². The van der Waals surface area contributed by atoms with Crippen LogP contribution in [0.4, 0.5) is 0 Å². The van der Waals surface area contributed by atoms with E-state index in [1.807, 2.05) is 0 Å². The van der Waals surface area contributed by atoms with Gasteiger partial charge in [0.15, 0.2) is 0 Å². The molecule has 17 heavy (non-hydrogen) atoms. The lowest BCUT2D eigenvalue weighted by molar-refractivity contribution is 0.117. The van der Waals surface area contributed by atoms with Crippen LogP contribution in [0.3, 0.4) is 0 Å². The van der Waals surface area contributed by atoms with Gasteiger partial charge in [0, 0.05) is 31.2 Å². The summed E-state index contributed by atoms with van der Waals surface area (Å²) in [6, 6.07) is 0.965. The van der Waals surface area contributed by atoms with Crippen LogP contribution in [0.2, 0.25) is 0 Å². The molecule has 1 unspecified atom stereocenters. The van der Waals surface area contributed by atoms with E-state index in [2.05, 4.69) is 30.6 Å². The van der Waals surface area contributed by atoms with Crippen molar-refractivity contribution < 1.29 is 4.74 Å². The monoisotopic (exact) mass is 235 g/mol. The fourth-order valence-electron chi connectivity index (χ4n) is 3.07. The highest BCUT2D eigenvalue weighted by atomic mass is 16.5. The van der Waals surface area contributed by atoms with Gasteiger partial charge in [-0.25, -0.2) is 0 Å². The van der Waals surface area contributed by atoms with Gasteiger partial charge in [0.1, 0.15) is 5.84 Å². The van der Waals surface area contributed by atoms with Crippen molar-refractivity contribution in [1.29, 1.82) is 0 Å². The lowest BCUT2D eigenvalue weighted by atomic mass is 10.0. The molecular weight excluding hydrogens is 214 g/mol. The van der Waals surface area contributed by atoms with Crippen molar-refractivity contribution in [1.82, 2.24) is 9.80 Å². The predicted octanol–water partition coefficient (Wildman–Crippen LogP) is 1.44. The maximum absolute atomic E-state index is 5.46. The first-order valence-electron chi connectivity index (χ1n) is 6.50. The summed E-state index contributed by atoms with van der Waals surface area (Å²) in [6.07, 6.45) is 1.16. The molecule has 2 saturated heterocycles. The summed E-state index contributed by atoms with van der Waals surface area (Å²) in [5.74, 6) is 1.18. The molecule has 0 bridgehead atoms. The molecule has 2 fully saturated rings. The van der Waals surface area contributed by atoms with E-state index in [-0.39, 0.29) is 0 Å². The van der Waals surface area contributed by atoms with E-state index in [0.29, 0.717) is 12.1 Å². The number of ether oxygens (including phenoxy) is 1. The molecule has 0 aliphatic carbocycles. The fourth-order valence-corrected chi connectivity index (χ4v) is 3.07. The number of rotatable bonds is 1. The summed E-state index contributed by atoms with van der Waals surface area (Å²) in [5.41, 5.74) is 2.94. The number of nitrogens with zero attached hydrogens (tertiary/aromatic N) is 3. The molecule has 0 aromatic heterocycles. The second kappa shape index (κ2) is 4.10. The first-order chi connectivity index (χ1) is 8.16. The average molecular weight is 235 g/mol. The zero-order valence-corrected chi connectivity index (χ0v) is 10.9. The third kappa shape index (κ3) is 1.79. The first kappa shape index (κ1) is 11.2. The van der Waals surface area contributed by atoms with Gasteiger partial charge in [-0.15, -0.1) is 0 Å². The molecule has 3 aliphatic rings. The van der Waals surface area contributed by atoms with Crippen molar-refractivity contribution in [3.05, 3.63) is 11.3 Å². The second-order valence-electron chi connectivity index (χ2n) is 5.30. The van der Waals surface area contributed by atoms with E-state index in [1.54, 1.807) is 0 Å². The SMILES string of the molecule is CC1=N[C@@H](C)C(C)=C2CC(N3CCOC3)CN12. The van der Waals surface area contributed by atoms with Crippen molar-refractivity contribution in [3.8, 4) is 0 Å². The summed E-state index contributed by atoms with van der Waals surface area (Å²) < 4.78 is 5.46. The van der Waals surface area contributed by atoms with E-state index in [0.717, 1.165) is 32.8 Å². The fraction of sp³-hybridized carbons (Fsp3) is 0.769. The molecule has 2 atom stereocenters. The molecule has 3 heterocycles. The van der Waals surface area contributed by atoms with Crippen LogP contribution < -0.4 is 0 Å². The van der Waals surface area contributed by atoms with Crippen LogP contribution in [0.1, 0.15) is 27.2 Å². The van der Waals surface area contributed by atoms with Gasteiger partial charge in [0.05, 0.1) is 19.4 Å². The Hall–Kier alpha value is -0.870. The van der Waals surface area contributed by atoms with E-state index in [4.69, 9.17) is 9.73 Å². The molecule has 3 aliphatic heterocycles. The first-order valence-corrected chi connectivity index (χ1v) is 6.50. The van der Waals surface area contributed by atoms with Gasteiger partial charge in [0.2, 0.25) is 0 Å². The second-order valence-corrected chi connectivity index (χ2v) is 5.30. The highest BCUT2D eigenvalue weighted by Crippen LogP contribution is 2.33. The molecule has 0 radical (unpaired) electrons. The predicted molar refractivity (Wildman–Crippen MR) is 67.9 cm³/mol. The van der Waals surface area contributed by atoms with Gasteiger partial charge >= 0.3 is 0 Å². The molecule has 0 N–H and O–H groups in total. The zero-order valence-electron chi connectivity index (χ0n) is 10.9. The molecule has 94 valence electrons. The molecule has 4 nitrogen and oxygen atoms in total. The molecule has 3 rings (SSSR count). The minimum absolute atomic E-state index is 0.356. The van der Waals surface area contributed by atoms with Crippen LogP contribution in [-0.2, 0) is 4.74 Å². The average Bonchev–Trinajstić information content (AvgIpc) is 2.94. The Balaban J connectivity index is 1.82. The Morgan fingerprint density at radius 1 is 1.35 bits per heavy atom. The Bertz CT molecular complexity index is 382. The quantitative estimate of drug-likeness (QED) is 0.688. The molecular formula is C13H21N3O. The maximum Gasteiger partial charge on any atom is 0.101 e. The third-order valence-electron chi connectivity index (χ3n) is 4.30. The summed E-state index contributed by atoms with van der Waals surface area (Å²) >= 11 is 0. The van der Waals surface area contributed by atoms with Crippen LogP contribution in [0, 0.1) is 0 Å². The normalized spacial score (nSPS) is 34.3. The Morgan fingerprint density at radius 3 is 2.88 bits per heavy atom. The van der Waals surface area contributed by atoms with Crippen LogP contribution in [0.15, 0.2) is 16.3 Å². The lowest BCUT2D eigenvalue weighted by Gasteiger charge is -2.29. The van der Waals surface area contributed by atoms with Crippen LogP contribution in [0.5, 0.6) is 0 Å². The largest absolute Gasteiger partial charge is 0.365 e. The highest BCUT2D eigenvalue weighted by molar-refractivity contribution is 5.83. The maximum atomic E-state index is 5.46. The lowest BCUT2D eigenvalue weighted by Crippen LogP contribution is -2.37. The number of fused-ring (bicyclic) bond motifs is 1. The topological polar surface area (TPSA) is 28.1 Å². The third-order valence-corrected chi connectivity index (χ3v) is 4.30. The van der Waals surface area contributed by atoms with Crippen molar-refractivity contribution in [2.45, 2.75) is 39.3 Å². The van der Waals surface area contributed by atoms with Crippen LogP contribution in [0.25, 0.3) is 0 Å². The van der Waals surface area contributed by atoms with Gasteiger partial charge in [0.25, 0.3) is 0 Å². The number of hydrogen-bond acceptors (Lipinski definition) is 4. The van der Waals surface area contributed by atoms with Gasteiger partial charge in [-0.05, 0) is 26.3 Å². The molecule has 0 aromatic carbocycles. The summed E-state index contributed by atoms with van der Waals surface area (Å²) in [5, 5.41) is 0. The van der Waals surface area contributed by atoms with Crippen LogP contribution >= 0.6 is 0 Å². The Kier molecular flexibility index (Phi) is 2.71. The number of amidine groups is 1. The number of hydrogen-bond donors (Lipinski definition) is 0. The standard InChI is InChI=1S/C13H21N3O/c1-9-10(2)14-11(3)16-7-12(6-13(9)16)15-4-5-17-8-15/h10,12H,4-8H2,1-3H3/t10-,12?/m0/s1. The summed E-state index contributed by atoms with van der Waals surface area (Å²) in [7, 11) is 0. The Labute approximate surface area is 103 Å². The zero-order chi connectivity index (χ0) is 12.0. The van der Waals surface area contributed by atoms with E-state index >= 15 is 0 Å². The minimum atomic E-state index is 0.356. The van der Waals surface area contributed by atoms with E-state index in [1.165, 1.54) is 17.1 Å². The minimum Gasteiger partial charge on any atom is -0.365 e. The Morgan fingerprint density at radius 2 is 2.18 bits per heavy atom. The molecule has 0 amide bonds. The van der Waals surface area contributed by atoms with Crippen LogP contribution in [-0.4, -0.2) is 54.1 Å². The molecule has 4 heteroatoms. The number of aliphatic imine (C=N–C) groups is 1. The summed E-state index contributed by atoms with van der Waals surface area (Å²) in [6.45, 7) is 10.4. The van der Waals surface area contributed by atoms with Gasteiger partial charge < -0.3 is 9.64 Å². The molecule has 0 spiro atoms. The van der Waals surface area contributed by atoms with E-state index < -0.39 is 0 Å². The van der Waals surface area contributed by atoms with Crippen molar-refractivity contribution in [2.24, 2.45) is 4.99 Å². The van der Waals surface area contributed by atoms with Gasteiger partial charge in [-0.1, -0.05) is 0 Å². The van der Waals surface area contributed by atoms with E-state index in [9.17, 15) is 0 Å².